The largest absolute Gasteiger partial charge is 0.494 e. The van der Waals surface area contributed by atoms with Crippen molar-refractivity contribution in [2.24, 2.45) is 0 Å². The van der Waals surface area contributed by atoms with Gasteiger partial charge in [0.25, 0.3) is 5.69 Å². The van der Waals surface area contributed by atoms with Gasteiger partial charge < -0.3 is 15.4 Å². The SMILES string of the molecule is COc1cc(NCC2CCCCN2)c([N+](=O)[O-])cc1F. The van der Waals surface area contributed by atoms with E-state index in [9.17, 15) is 14.5 Å². The first kappa shape index (κ1) is 14.5. The van der Waals surface area contributed by atoms with Gasteiger partial charge in [-0.1, -0.05) is 6.42 Å². The maximum Gasteiger partial charge on any atom is 0.295 e. The van der Waals surface area contributed by atoms with Crippen molar-refractivity contribution in [3.8, 4) is 5.75 Å². The number of methoxy groups -OCH3 is 1. The molecule has 110 valence electrons. The molecule has 20 heavy (non-hydrogen) atoms. The zero-order chi connectivity index (χ0) is 14.5. The lowest BCUT2D eigenvalue weighted by atomic mass is 10.1. The second-order valence-corrected chi connectivity index (χ2v) is 4.79. The Balaban J connectivity index is 2.13. The predicted octanol–water partition coefficient (Wildman–Crippen LogP) is 2.30. The average Bonchev–Trinajstić information content (AvgIpc) is 2.46. The fourth-order valence-corrected chi connectivity index (χ4v) is 2.32. The summed E-state index contributed by atoms with van der Waals surface area (Å²) in [6.45, 7) is 1.52. The molecule has 6 nitrogen and oxygen atoms in total. The van der Waals surface area contributed by atoms with Crippen LogP contribution in [0.1, 0.15) is 19.3 Å². The summed E-state index contributed by atoms with van der Waals surface area (Å²) < 4.78 is 18.4. The van der Waals surface area contributed by atoms with Gasteiger partial charge in [-0.25, -0.2) is 4.39 Å². The van der Waals surface area contributed by atoms with Crippen molar-refractivity contribution in [3.63, 3.8) is 0 Å². The molecule has 1 aromatic rings. The maximum absolute atomic E-state index is 13.5. The highest BCUT2D eigenvalue weighted by Crippen LogP contribution is 2.31. The third-order valence-corrected chi connectivity index (χ3v) is 3.42. The summed E-state index contributed by atoms with van der Waals surface area (Å²) in [4.78, 5) is 10.4. The Morgan fingerprint density at radius 2 is 2.35 bits per heavy atom. The van der Waals surface area contributed by atoms with E-state index in [-0.39, 0.29) is 23.2 Å². The van der Waals surface area contributed by atoms with Crippen LogP contribution in [0.4, 0.5) is 15.8 Å². The summed E-state index contributed by atoms with van der Waals surface area (Å²) in [6, 6.07) is 2.49. The van der Waals surface area contributed by atoms with E-state index in [1.54, 1.807) is 0 Å². The van der Waals surface area contributed by atoms with Crippen molar-refractivity contribution >= 4 is 11.4 Å². The summed E-state index contributed by atoms with van der Waals surface area (Å²) in [5.74, 6) is -0.741. The lowest BCUT2D eigenvalue weighted by Gasteiger charge is -2.24. The lowest BCUT2D eigenvalue weighted by Crippen LogP contribution is -2.39. The molecule has 1 unspecified atom stereocenters. The Bertz CT molecular complexity index is 490. The molecule has 7 heteroatoms. The molecule has 0 spiro atoms. The minimum Gasteiger partial charge on any atom is -0.494 e. The number of ether oxygens (including phenoxy) is 1. The van der Waals surface area contributed by atoms with Gasteiger partial charge in [-0.2, -0.15) is 0 Å². The van der Waals surface area contributed by atoms with E-state index in [4.69, 9.17) is 4.74 Å². The van der Waals surface area contributed by atoms with Crippen molar-refractivity contribution < 1.29 is 14.1 Å². The van der Waals surface area contributed by atoms with Crippen LogP contribution in [-0.2, 0) is 0 Å². The summed E-state index contributed by atoms with van der Waals surface area (Å²) in [5, 5.41) is 17.3. The molecule has 2 rings (SSSR count). The number of rotatable bonds is 5. The molecule has 0 radical (unpaired) electrons. The second-order valence-electron chi connectivity index (χ2n) is 4.79. The molecule has 1 heterocycles. The molecule has 1 aliphatic rings. The molecule has 1 fully saturated rings. The molecule has 0 saturated carbocycles. The topological polar surface area (TPSA) is 76.4 Å². The Labute approximate surface area is 116 Å². The molecule has 1 aromatic carbocycles. The molecule has 1 saturated heterocycles. The number of benzene rings is 1. The molecule has 1 aliphatic heterocycles. The number of hydrogen-bond donors (Lipinski definition) is 2. The van der Waals surface area contributed by atoms with Crippen molar-refractivity contribution in [2.45, 2.75) is 25.3 Å². The number of halogens is 1. The van der Waals surface area contributed by atoms with Gasteiger partial charge in [0.05, 0.1) is 18.1 Å². The van der Waals surface area contributed by atoms with Gasteiger partial charge in [0.15, 0.2) is 11.6 Å². The molecule has 0 amide bonds. The zero-order valence-electron chi connectivity index (χ0n) is 11.3. The zero-order valence-corrected chi connectivity index (χ0v) is 11.3. The molecular weight excluding hydrogens is 265 g/mol. The highest BCUT2D eigenvalue weighted by Gasteiger charge is 2.20. The van der Waals surface area contributed by atoms with Crippen molar-refractivity contribution in [1.29, 1.82) is 0 Å². The fraction of sp³-hybridized carbons (Fsp3) is 0.538. The molecule has 0 bridgehead atoms. The van der Waals surface area contributed by atoms with E-state index < -0.39 is 10.7 Å². The second kappa shape index (κ2) is 6.51. The molecule has 0 aliphatic carbocycles. The first-order chi connectivity index (χ1) is 9.61. The Hall–Kier alpha value is -1.89. The lowest BCUT2D eigenvalue weighted by molar-refractivity contribution is -0.384. The van der Waals surface area contributed by atoms with E-state index >= 15 is 0 Å². The van der Waals surface area contributed by atoms with Crippen molar-refractivity contribution in [1.82, 2.24) is 5.32 Å². The highest BCUT2D eigenvalue weighted by molar-refractivity contribution is 5.64. The Morgan fingerprint density at radius 3 is 2.95 bits per heavy atom. The van der Waals surface area contributed by atoms with Gasteiger partial charge in [0.1, 0.15) is 5.69 Å². The van der Waals surface area contributed by atoms with Crippen LogP contribution in [-0.4, -0.2) is 31.2 Å². The van der Waals surface area contributed by atoms with Crippen LogP contribution in [0.3, 0.4) is 0 Å². The number of nitro benzene ring substituents is 1. The van der Waals surface area contributed by atoms with E-state index in [1.165, 1.54) is 13.2 Å². The molecular formula is C13H18FN3O3. The number of hydrogen-bond acceptors (Lipinski definition) is 5. The number of nitrogens with zero attached hydrogens (tertiary/aromatic N) is 1. The van der Waals surface area contributed by atoms with Gasteiger partial charge >= 0.3 is 0 Å². The van der Waals surface area contributed by atoms with Gasteiger partial charge in [-0.05, 0) is 19.4 Å². The summed E-state index contributed by atoms with van der Waals surface area (Å²) in [7, 11) is 1.33. The van der Waals surface area contributed by atoms with Crippen LogP contribution in [0.5, 0.6) is 5.75 Å². The highest BCUT2D eigenvalue weighted by atomic mass is 19.1. The van der Waals surface area contributed by atoms with E-state index in [2.05, 4.69) is 10.6 Å². The minimum absolute atomic E-state index is 0.00490. The molecule has 1 atom stereocenters. The van der Waals surface area contributed by atoms with E-state index in [0.29, 0.717) is 6.54 Å². The Morgan fingerprint density at radius 1 is 1.55 bits per heavy atom. The molecule has 0 aromatic heterocycles. The average molecular weight is 283 g/mol. The number of nitrogens with one attached hydrogen (secondary N) is 2. The van der Waals surface area contributed by atoms with Crippen molar-refractivity contribution in [2.75, 3.05) is 25.5 Å². The van der Waals surface area contributed by atoms with E-state index in [0.717, 1.165) is 31.9 Å². The van der Waals surface area contributed by atoms with Gasteiger partial charge in [0.2, 0.25) is 0 Å². The maximum atomic E-state index is 13.5. The first-order valence-electron chi connectivity index (χ1n) is 6.61. The predicted molar refractivity (Wildman–Crippen MR) is 73.7 cm³/mol. The van der Waals surface area contributed by atoms with Crippen LogP contribution < -0.4 is 15.4 Å². The van der Waals surface area contributed by atoms with Gasteiger partial charge in [0, 0.05) is 18.7 Å². The van der Waals surface area contributed by atoms with Crippen molar-refractivity contribution in [3.05, 3.63) is 28.1 Å². The van der Waals surface area contributed by atoms with Gasteiger partial charge in [-0.15, -0.1) is 0 Å². The van der Waals surface area contributed by atoms with Crippen LogP contribution in [0.25, 0.3) is 0 Å². The van der Waals surface area contributed by atoms with Crippen LogP contribution in [0.15, 0.2) is 12.1 Å². The smallest absolute Gasteiger partial charge is 0.295 e. The monoisotopic (exact) mass is 283 g/mol. The summed E-state index contributed by atoms with van der Waals surface area (Å²) >= 11 is 0. The fourth-order valence-electron chi connectivity index (χ4n) is 2.32. The van der Waals surface area contributed by atoms with Crippen LogP contribution >= 0.6 is 0 Å². The normalized spacial score (nSPS) is 18.6. The molecule has 2 N–H and O–H groups in total. The third-order valence-electron chi connectivity index (χ3n) is 3.42. The number of piperidine rings is 1. The third kappa shape index (κ3) is 3.36. The number of nitro groups is 1. The van der Waals surface area contributed by atoms with Crippen LogP contribution in [0, 0.1) is 15.9 Å². The summed E-state index contributed by atoms with van der Waals surface area (Å²) in [5.41, 5.74) is -0.000247. The van der Waals surface area contributed by atoms with Crippen LogP contribution in [0.2, 0.25) is 0 Å². The van der Waals surface area contributed by atoms with Gasteiger partial charge in [-0.3, -0.25) is 10.1 Å². The quantitative estimate of drug-likeness (QED) is 0.640. The van der Waals surface area contributed by atoms with E-state index in [1.807, 2.05) is 0 Å². The standard InChI is InChI=1S/C13H18FN3O3/c1-20-13-7-11(12(17(18)19)6-10(13)14)16-8-9-4-2-3-5-15-9/h6-7,9,15-16H,2-5,8H2,1H3. The Kier molecular flexibility index (Phi) is 4.73. The minimum atomic E-state index is -0.736. The summed E-state index contributed by atoms with van der Waals surface area (Å²) in [6.07, 6.45) is 3.33. The number of anilines is 1. The first-order valence-corrected chi connectivity index (χ1v) is 6.61.